The van der Waals surface area contributed by atoms with E-state index >= 15 is 0 Å². The third-order valence-corrected chi connectivity index (χ3v) is 9.25. The highest BCUT2D eigenvalue weighted by atomic mass is 32.1. The number of rotatable bonds is 6. The van der Waals surface area contributed by atoms with Crippen molar-refractivity contribution in [3.05, 3.63) is 157 Å². The summed E-state index contributed by atoms with van der Waals surface area (Å²) >= 11 is 0.714. The van der Waals surface area contributed by atoms with Gasteiger partial charge in [-0.3, -0.25) is 19.1 Å². The number of amides is 1. The summed E-state index contributed by atoms with van der Waals surface area (Å²) in [6, 6.07) is 31.6. The van der Waals surface area contributed by atoms with Crippen molar-refractivity contribution < 1.29 is 22.4 Å². The number of nitriles is 1. The van der Waals surface area contributed by atoms with E-state index in [2.05, 4.69) is 4.90 Å². The summed E-state index contributed by atoms with van der Waals surface area (Å²) < 4.78 is 56.9. The number of hydrogen-bond acceptors (Lipinski definition) is 5. The van der Waals surface area contributed by atoms with Crippen molar-refractivity contribution in [2.45, 2.75) is 12.2 Å². The van der Waals surface area contributed by atoms with Crippen molar-refractivity contribution in [1.82, 2.24) is 14.4 Å². The smallest absolute Gasteiger partial charge is 0.335 e. The Bertz CT molecular complexity index is 2130. The molecular formula is C37H28F4N4O2S. The molecule has 0 radical (unpaired) electrons. The lowest BCUT2D eigenvalue weighted by atomic mass is 9.96. The molecule has 1 saturated heterocycles. The van der Waals surface area contributed by atoms with Crippen LogP contribution in [0.5, 0.6) is 0 Å². The van der Waals surface area contributed by atoms with Crippen LogP contribution in [0.1, 0.15) is 28.3 Å². The number of benzene rings is 4. The lowest BCUT2D eigenvalue weighted by Gasteiger charge is -2.39. The molecule has 5 aromatic rings. The molecule has 11 heteroatoms. The van der Waals surface area contributed by atoms with Gasteiger partial charge >= 0.3 is 6.18 Å². The number of carbonyl (C=O) groups excluding carboxylic acids is 1. The molecule has 0 unspecified atom stereocenters. The predicted molar refractivity (Wildman–Crippen MR) is 176 cm³/mol. The van der Waals surface area contributed by atoms with E-state index in [4.69, 9.17) is 0 Å². The van der Waals surface area contributed by atoms with Crippen LogP contribution in [0.25, 0.3) is 17.3 Å². The van der Waals surface area contributed by atoms with Gasteiger partial charge in [0, 0.05) is 26.2 Å². The molecule has 0 bridgehead atoms. The molecule has 4 aromatic carbocycles. The van der Waals surface area contributed by atoms with Crippen LogP contribution in [-0.4, -0.2) is 46.5 Å². The maximum absolute atomic E-state index is 14.2. The van der Waals surface area contributed by atoms with E-state index in [1.165, 1.54) is 47.4 Å². The Labute approximate surface area is 277 Å². The fourth-order valence-electron chi connectivity index (χ4n) is 5.94. The van der Waals surface area contributed by atoms with Gasteiger partial charge in [-0.1, -0.05) is 84.9 Å². The van der Waals surface area contributed by atoms with Gasteiger partial charge in [-0.05, 0) is 47.0 Å². The van der Waals surface area contributed by atoms with Crippen LogP contribution < -0.4 is 14.8 Å². The van der Waals surface area contributed by atoms with Gasteiger partial charge in [-0.15, -0.1) is 11.3 Å². The van der Waals surface area contributed by atoms with E-state index in [1.54, 1.807) is 0 Å². The average Bonchev–Trinajstić information content (AvgIpc) is 3.40. The molecule has 1 aromatic heterocycles. The largest absolute Gasteiger partial charge is 0.418 e. The average molecular weight is 669 g/mol. The van der Waals surface area contributed by atoms with E-state index < -0.39 is 40.3 Å². The first kappa shape index (κ1) is 32.6. The van der Waals surface area contributed by atoms with Crippen LogP contribution in [0.4, 0.5) is 17.6 Å². The number of nitrogens with zero attached hydrogens (tertiary/aromatic N) is 4. The first-order valence-electron chi connectivity index (χ1n) is 15.1. The lowest BCUT2D eigenvalue weighted by Crippen LogP contribution is -2.50. The molecule has 2 heterocycles. The van der Waals surface area contributed by atoms with Gasteiger partial charge in [0.05, 0.1) is 21.8 Å². The minimum absolute atomic E-state index is 0.0634. The quantitative estimate of drug-likeness (QED) is 0.225. The minimum atomic E-state index is -4.83. The number of alkyl halides is 3. The maximum Gasteiger partial charge on any atom is 0.418 e. The molecule has 1 fully saturated rings. The van der Waals surface area contributed by atoms with Crippen molar-refractivity contribution in [3.8, 4) is 11.8 Å². The summed E-state index contributed by atoms with van der Waals surface area (Å²) in [5.74, 6) is -1.26. The molecule has 0 spiro atoms. The van der Waals surface area contributed by atoms with Crippen molar-refractivity contribution in [2.24, 2.45) is 0 Å². The minimum Gasteiger partial charge on any atom is -0.335 e. The second kappa shape index (κ2) is 13.8. The molecule has 0 atom stereocenters. The van der Waals surface area contributed by atoms with E-state index in [0.29, 0.717) is 30.0 Å². The second-order valence-corrected chi connectivity index (χ2v) is 12.2. The van der Waals surface area contributed by atoms with Gasteiger partial charge in [-0.2, -0.15) is 18.4 Å². The van der Waals surface area contributed by atoms with Gasteiger partial charge in [0.1, 0.15) is 16.5 Å². The summed E-state index contributed by atoms with van der Waals surface area (Å²) in [7, 11) is 0. The van der Waals surface area contributed by atoms with E-state index in [0.717, 1.165) is 27.8 Å². The maximum atomic E-state index is 14.2. The molecule has 242 valence electrons. The first-order chi connectivity index (χ1) is 23.2. The zero-order valence-corrected chi connectivity index (χ0v) is 26.2. The summed E-state index contributed by atoms with van der Waals surface area (Å²) in [6.07, 6.45) is -3.50. The van der Waals surface area contributed by atoms with E-state index in [1.807, 2.05) is 66.7 Å². The standard InChI is InChI=1S/C37H28F4N4O2S/c38-28-15-9-10-25(22-28)23-32-35(47)45(31-17-8-7-16-30(31)37(39,40)41)36(48-32)29(24-42)34(46)44-20-18-43(19-21-44)33(26-11-3-1-4-12-26)27-13-5-2-6-14-27/h1-17,22-23,33H,18-21H2/b32-23+,36-29+. The van der Waals surface area contributed by atoms with Crippen LogP contribution in [0.15, 0.2) is 114 Å². The van der Waals surface area contributed by atoms with Crippen molar-refractivity contribution in [3.63, 3.8) is 0 Å². The van der Waals surface area contributed by atoms with Gasteiger partial charge in [0.15, 0.2) is 5.57 Å². The van der Waals surface area contributed by atoms with Gasteiger partial charge in [-0.25, -0.2) is 4.39 Å². The predicted octanol–water partition coefficient (Wildman–Crippen LogP) is 5.49. The molecule has 1 amide bonds. The zero-order chi connectivity index (χ0) is 33.8. The van der Waals surface area contributed by atoms with Crippen LogP contribution in [-0.2, 0) is 11.0 Å². The monoisotopic (exact) mass is 668 g/mol. The molecule has 0 aliphatic carbocycles. The Morgan fingerprint density at radius 2 is 1.44 bits per heavy atom. The SMILES string of the molecule is N#C/C(C(=O)N1CCN(C(c2ccccc2)c2ccccc2)CC1)=c1\s/c(=C/c2cccc(F)c2)c(=O)n1-c1ccccc1C(F)(F)F. The van der Waals surface area contributed by atoms with E-state index in [9.17, 15) is 32.4 Å². The Hall–Kier alpha value is -5.31. The second-order valence-electron chi connectivity index (χ2n) is 11.2. The number of para-hydroxylation sites is 1. The summed E-state index contributed by atoms with van der Waals surface area (Å²) in [5, 5.41) is 10.3. The Morgan fingerprint density at radius 3 is 2.02 bits per heavy atom. The topological polar surface area (TPSA) is 69.3 Å². The highest BCUT2D eigenvalue weighted by Gasteiger charge is 2.35. The number of carbonyl (C=O) groups is 1. The highest BCUT2D eigenvalue weighted by Crippen LogP contribution is 2.33. The van der Waals surface area contributed by atoms with Crippen molar-refractivity contribution in [1.29, 1.82) is 5.26 Å². The molecule has 0 saturated carbocycles. The Balaban J connectivity index is 1.42. The summed E-state index contributed by atoms with van der Waals surface area (Å²) in [6.45, 7) is 1.42. The Morgan fingerprint density at radius 1 is 0.833 bits per heavy atom. The number of piperazine rings is 1. The molecule has 6 rings (SSSR count). The molecule has 1 aliphatic heterocycles. The molecule has 1 aliphatic rings. The lowest BCUT2D eigenvalue weighted by molar-refractivity contribution is -0.137. The van der Waals surface area contributed by atoms with Crippen LogP contribution in [0, 0.1) is 17.1 Å². The number of halogens is 4. The molecular weight excluding hydrogens is 640 g/mol. The number of aromatic nitrogens is 1. The van der Waals surface area contributed by atoms with Crippen molar-refractivity contribution in [2.75, 3.05) is 26.2 Å². The summed E-state index contributed by atoms with van der Waals surface area (Å²) in [5.41, 5.74) is -0.474. The fraction of sp³-hybridized carbons (Fsp3) is 0.162. The normalized spacial score (nSPS) is 15.0. The van der Waals surface area contributed by atoms with E-state index in [-0.39, 0.29) is 28.3 Å². The van der Waals surface area contributed by atoms with Gasteiger partial charge < -0.3 is 4.90 Å². The van der Waals surface area contributed by atoms with Crippen LogP contribution in [0.3, 0.4) is 0 Å². The zero-order valence-electron chi connectivity index (χ0n) is 25.4. The third-order valence-electron chi connectivity index (χ3n) is 8.16. The number of thiazole rings is 1. The fourth-order valence-corrected chi connectivity index (χ4v) is 7.03. The summed E-state index contributed by atoms with van der Waals surface area (Å²) in [4.78, 5) is 31.5. The number of hydrogen-bond donors (Lipinski definition) is 0. The van der Waals surface area contributed by atoms with Crippen molar-refractivity contribution >= 4 is 28.9 Å². The first-order valence-corrected chi connectivity index (χ1v) is 15.9. The highest BCUT2D eigenvalue weighted by molar-refractivity contribution is 7.07. The molecule has 48 heavy (non-hydrogen) atoms. The van der Waals surface area contributed by atoms with Gasteiger partial charge in [0.2, 0.25) is 0 Å². The van der Waals surface area contributed by atoms with Crippen LogP contribution in [0.2, 0.25) is 0 Å². The van der Waals surface area contributed by atoms with Gasteiger partial charge in [0.25, 0.3) is 11.5 Å². The molecule has 0 N–H and O–H groups in total. The molecule has 6 nitrogen and oxygen atoms in total. The van der Waals surface area contributed by atoms with Crippen LogP contribution >= 0.6 is 11.3 Å². The Kier molecular flexibility index (Phi) is 9.39. The third kappa shape index (κ3) is 6.72.